The van der Waals surface area contributed by atoms with E-state index < -0.39 is 0 Å². The van der Waals surface area contributed by atoms with Gasteiger partial charge >= 0.3 is 0 Å². The third-order valence-corrected chi connectivity index (χ3v) is 3.94. The fourth-order valence-electron chi connectivity index (χ4n) is 2.94. The van der Waals surface area contributed by atoms with E-state index in [0.717, 1.165) is 43.8 Å². The van der Waals surface area contributed by atoms with Crippen molar-refractivity contribution in [2.45, 2.75) is 52.2 Å². The van der Waals surface area contributed by atoms with E-state index in [1.54, 1.807) is 0 Å². The van der Waals surface area contributed by atoms with Gasteiger partial charge in [0.1, 0.15) is 5.75 Å². The highest BCUT2D eigenvalue weighted by atomic mass is 16.5. The predicted molar refractivity (Wildman–Crippen MR) is 89.2 cm³/mol. The number of carbonyl (C=O) groups excluding carboxylic acids is 1. The van der Waals surface area contributed by atoms with Gasteiger partial charge in [0.2, 0.25) is 5.91 Å². The molecule has 0 saturated carbocycles. The smallest absolute Gasteiger partial charge is 0.227 e. The molecule has 0 spiro atoms. The largest absolute Gasteiger partial charge is 0.491 e. The van der Waals surface area contributed by atoms with Gasteiger partial charge < -0.3 is 15.0 Å². The zero-order valence-electron chi connectivity index (χ0n) is 14.0. The van der Waals surface area contributed by atoms with Gasteiger partial charge in [-0.15, -0.1) is 0 Å². The number of carbonyl (C=O) groups is 1. The van der Waals surface area contributed by atoms with Crippen LogP contribution in [0.15, 0.2) is 24.3 Å². The molecule has 1 atom stereocenters. The van der Waals surface area contributed by atoms with Crippen molar-refractivity contribution in [3.63, 3.8) is 0 Å². The zero-order chi connectivity index (χ0) is 15.9. The highest BCUT2D eigenvalue weighted by molar-refractivity contribution is 5.80. The van der Waals surface area contributed by atoms with Crippen molar-refractivity contribution in [1.29, 1.82) is 0 Å². The maximum Gasteiger partial charge on any atom is 0.227 e. The van der Waals surface area contributed by atoms with Crippen LogP contribution in [0.5, 0.6) is 5.75 Å². The highest BCUT2D eigenvalue weighted by Crippen LogP contribution is 2.21. The van der Waals surface area contributed by atoms with Crippen LogP contribution in [0.4, 0.5) is 0 Å². The van der Waals surface area contributed by atoms with Gasteiger partial charge in [0.15, 0.2) is 0 Å². The molecule has 4 heteroatoms. The van der Waals surface area contributed by atoms with E-state index in [1.165, 1.54) is 0 Å². The molecule has 0 radical (unpaired) electrons. The summed E-state index contributed by atoms with van der Waals surface area (Å²) >= 11 is 0. The first-order valence-electron chi connectivity index (χ1n) is 8.36. The van der Waals surface area contributed by atoms with E-state index >= 15 is 0 Å². The van der Waals surface area contributed by atoms with E-state index in [0.29, 0.717) is 12.5 Å². The molecule has 122 valence electrons. The molecule has 22 heavy (non-hydrogen) atoms. The van der Waals surface area contributed by atoms with E-state index in [9.17, 15) is 4.79 Å². The summed E-state index contributed by atoms with van der Waals surface area (Å²) in [5.41, 5.74) is 0.980. The fourth-order valence-corrected chi connectivity index (χ4v) is 2.94. The molecule has 1 N–H and O–H groups in total. The van der Waals surface area contributed by atoms with Crippen molar-refractivity contribution in [2.75, 3.05) is 19.6 Å². The summed E-state index contributed by atoms with van der Waals surface area (Å²) in [6, 6.07) is 8.20. The topological polar surface area (TPSA) is 41.6 Å². The van der Waals surface area contributed by atoms with Gasteiger partial charge in [-0.05, 0) is 39.3 Å². The first kappa shape index (κ1) is 16.8. The first-order valence-corrected chi connectivity index (χ1v) is 8.36. The Morgan fingerprint density at radius 1 is 1.41 bits per heavy atom. The van der Waals surface area contributed by atoms with Crippen molar-refractivity contribution in [2.24, 2.45) is 0 Å². The predicted octanol–water partition coefficient (Wildman–Crippen LogP) is 2.62. The Hall–Kier alpha value is -1.55. The molecule has 1 heterocycles. The lowest BCUT2D eigenvalue weighted by atomic mass is 10.1. The number of amides is 1. The number of ether oxygens (including phenoxy) is 1. The van der Waals surface area contributed by atoms with Gasteiger partial charge in [0, 0.05) is 24.7 Å². The Balaban J connectivity index is 2.08. The molecule has 1 amide bonds. The second-order valence-electron chi connectivity index (χ2n) is 6.18. The van der Waals surface area contributed by atoms with E-state index in [-0.39, 0.29) is 12.0 Å². The molecule has 0 aliphatic carbocycles. The van der Waals surface area contributed by atoms with E-state index in [1.807, 2.05) is 43.0 Å². The molecule has 1 aromatic rings. The molecule has 4 nitrogen and oxygen atoms in total. The maximum absolute atomic E-state index is 12.8. The van der Waals surface area contributed by atoms with E-state index in [4.69, 9.17) is 4.74 Å². The molecule has 2 rings (SSSR count). The second kappa shape index (κ2) is 8.18. The summed E-state index contributed by atoms with van der Waals surface area (Å²) in [5, 5.41) is 3.35. The van der Waals surface area contributed by atoms with Crippen LogP contribution < -0.4 is 10.1 Å². The van der Waals surface area contributed by atoms with Gasteiger partial charge in [0.25, 0.3) is 0 Å². The lowest BCUT2D eigenvalue weighted by molar-refractivity contribution is -0.132. The number of hydrogen-bond donors (Lipinski definition) is 1. The summed E-state index contributed by atoms with van der Waals surface area (Å²) in [7, 11) is 0. The number of para-hydroxylation sites is 1. The average molecular weight is 304 g/mol. The lowest BCUT2D eigenvalue weighted by Gasteiger charge is -2.28. The van der Waals surface area contributed by atoms with Gasteiger partial charge in [-0.1, -0.05) is 25.1 Å². The van der Waals surface area contributed by atoms with Crippen LogP contribution in [0.25, 0.3) is 0 Å². The number of rotatable bonds is 7. The third kappa shape index (κ3) is 4.47. The van der Waals surface area contributed by atoms with Crippen molar-refractivity contribution < 1.29 is 9.53 Å². The highest BCUT2D eigenvalue weighted by Gasteiger charge is 2.26. The number of hydrogen-bond acceptors (Lipinski definition) is 3. The molecule has 1 saturated heterocycles. The Kier molecular flexibility index (Phi) is 6.25. The van der Waals surface area contributed by atoms with Gasteiger partial charge in [-0.3, -0.25) is 4.79 Å². The molecule has 0 aromatic heterocycles. The van der Waals surface area contributed by atoms with Crippen LogP contribution >= 0.6 is 0 Å². The standard InChI is InChI=1S/C18H28N2O2/c1-4-11-20(16-9-10-19-13-16)18(21)12-15-7-5-6-8-17(15)22-14(2)3/h5-8,14,16,19H,4,9-13H2,1-3H3. The number of nitrogens with one attached hydrogen (secondary N) is 1. The van der Waals surface area contributed by atoms with Crippen molar-refractivity contribution in [3.8, 4) is 5.75 Å². The van der Waals surface area contributed by atoms with Crippen LogP contribution in [0.2, 0.25) is 0 Å². The van der Waals surface area contributed by atoms with Gasteiger partial charge in [-0.2, -0.15) is 0 Å². The Bertz CT molecular complexity index is 482. The minimum atomic E-state index is 0.113. The molecule has 1 fully saturated rings. The quantitative estimate of drug-likeness (QED) is 0.842. The summed E-state index contributed by atoms with van der Waals surface area (Å²) in [6.07, 6.45) is 2.57. The maximum atomic E-state index is 12.8. The SMILES string of the molecule is CCCN(C(=O)Cc1ccccc1OC(C)C)C1CCNC1. The summed E-state index contributed by atoms with van der Waals surface area (Å²) in [6.45, 7) is 8.89. The zero-order valence-corrected chi connectivity index (χ0v) is 14.0. The van der Waals surface area contributed by atoms with Gasteiger partial charge in [-0.25, -0.2) is 0 Å². The molecular weight excluding hydrogens is 276 g/mol. The van der Waals surface area contributed by atoms with Crippen molar-refractivity contribution in [1.82, 2.24) is 10.2 Å². The van der Waals surface area contributed by atoms with Crippen LogP contribution in [0, 0.1) is 0 Å². The second-order valence-corrected chi connectivity index (χ2v) is 6.18. The molecule has 1 unspecified atom stereocenters. The van der Waals surface area contributed by atoms with Crippen molar-refractivity contribution in [3.05, 3.63) is 29.8 Å². The van der Waals surface area contributed by atoms with Crippen LogP contribution in [0.1, 0.15) is 39.2 Å². The fraction of sp³-hybridized carbons (Fsp3) is 0.611. The molecule has 0 bridgehead atoms. The average Bonchev–Trinajstić information content (AvgIpc) is 3.00. The number of nitrogens with zero attached hydrogens (tertiary/aromatic N) is 1. The first-order chi connectivity index (χ1) is 10.6. The molecular formula is C18H28N2O2. The minimum absolute atomic E-state index is 0.113. The van der Waals surface area contributed by atoms with Gasteiger partial charge in [0.05, 0.1) is 12.5 Å². The Labute approximate surface area is 133 Å². The third-order valence-electron chi connectivity index (χ3n) is 3.94. The van der Waals surface area contributed by atoms with Crippen LogP contribution in [-0.4, -0.2) is 42.6 Å². The lowest BCUT2D eigenvalue weighted by Crippen LogP contribution is -2.42. The normalized spacial score (nSPS) is 17.7. The van der Waals surface area contributed by atoms with E-state index in [2.05, 4.69) is 12.2 Å². The minimum Gasteiger partial charge on any atom is -0.491 e. The van der Waals surface area contributed by atoms with Crippen LogP contribution in [-0.2, 0) is 11.2 Å². The van der Waals surface area contributed by atoms with Crippen LogP contribution in [0.3, 0.4) is 0 Å². The summed E-state index contributed by atoms with van der Waals surface area (Å²) in [5.74, 6) is 1.03. The molecule has 1 aliphatic heterocycles. The summed E-state index contributed by atoms with van der Waals surface area (Å²) < 4.78 is 5.83. The molecule has 1 aromatic carbocycles. The number of benzene rings is 1. The van der Waals surface area contributed by atoms with Crippen molar-refractivity contribution >= 4 is 5.91 Å². The monoisotopic (exact) mass is 304 g/mol. The Morgan fingerprint density at radius 2 is 2.18 bits per heavy atom. The molecule has 1 aliphatic rings. The summed E-state index contributed by atoms with van der Waals surface area (Å²) in [4.78, 5) is 14.8. The Morgan fingerprint density at radius 3 is 2.82 bits per heavy atom.